The first-order chi connectivity index (χ1) is 6.20. The van der Waals surface area contributed by atoms with Crippen LogP contribution in [0.5, 0.6) is 0 Å². The molecule has 0 aliphatic heterocycles. The monoisotopic (exact) mass is 221 g/mol. The van der Waals surface area contributed by atoms with Crippen molar-refractivity contribution >= 4 is 22.0 Å². The minimum atomic E-state index is -2.40. The van der Waals surface area contributed by atoms with Crippen LogP contribution in [0.1, 0.15) is 0 Å². The SMILES string of the molecule is O=S([O-])c1c[nH]c2cccc(F)c12.[Na+]. The van der Waals surface area contributed by atoms with Crippen LogP contribution in [0.4, 0.5) is 4.39 Å². The van der Waals surface area contributed by atoms with Crippen molar-refractivity contribution in [3.8, 4) is 0 Å². The molecule has 0 fully saturated rings. The van der Waals surface area contributed by atoms with Gasteiger partial charge < -0.3 is 9.54 Å². The largest absolute Gasteiger partial charge is 1.00 e. The number of nitrogens with one attached hydrogen (secondary N) is 1. The van der Waals surface area contributed by atoms with Crippen LogP contribution < -0.4 is 29.6 Å². The van der Waals surface area contributed by atoms with E-state index in [1.54, 1.807) is 6.07 Å². The van der Waals surface area contributed by atoms with E-state index in [9.17, 15) is 13.2 Å². The van der Waals surface area contributed by atoms with Gasteiger partial charge in [0, 0.05) is 11.7 Å². The summed E-state index contributed by atoms with van der Waals surface area (Å²) in [5.74, 6) is -0.530. The smallest absolute Gasteiger partial charge is 0.768 e. The molecule has 0 radical (unpaired) electrons. The van der Waals surface area contributed by atoms with Gasteiger partial charge in [0.15, 0.2) is 0 Å². The van der Waals surface area contributed by atoms with Gasteiger partial charge in [-0.25, -0.2) is 4.39 Å². The second kappa shape index (κ2) is 4.55. The Morgan fingerprint density at radius 1 is 1.43 bits per heavy atom. The molecule has 1 aromatic carbocycles. The molecule has 0 spiro atoms. The standard InChI is InChI=1S/C8H6FNO2S.Na/c9-5-2-1-3-6-8(5)7(4-10-6)13(11)12;/h1-4,10H,(H,11,12);/q;+1/p-1. The molecule has 2 aromatic rings. The first-order valence-corrected chi connectivity index (χ1v) is 4.62. The number of rotatable bonds is 1. The van der Waals surface area contributed by atoms with Crippen molar-refractivity contribution in [1.82, 2.24) is 4.98 Å². The summed E-state index contributed by atoms with van der Waals surface area (Å²) in [6, 6.07) is 4.37. The molecule has 2 rings (SSSR count). The van der Waals surface area contributed by atoms with Gasteiger partial charge in [-0.3, -0.25) is 4.21 Å². The van der Waals surface area contributed by atoms with Gasteiger partial charge in [0.05, 0.1) is 10.3 Å². The maximum atomic E-state index is 13.1. The van der Waals surface area contributed by atoms with E-state index in [1.807, 2.05) is 0 Å². The van der Waals surface area contributed by atoms with E-state index in [4.69, 9.17) is 0 Å². The van der Waals surface area contributed by atoms with E-state index in [0.29, 0.717) is 5.52 Å². The second-order valence-corrected chi connectivity index (χ2v) is 3.46. The Labute approximate surface area is 104 Å². The number of hydrogen-bond acceptors (Lipinski definition) is 2. The molecule has 14 heavy (non-hydrogen) atoms. The predicted octanol–water partition coefficient (Wildman–Crippen LogP) is -1.45. The van der Waals surface area contributed by atoms with Crippen molar-refractivity contribution in [3.05, 3.63) is 30.2 Å². The molecular weight excluding hydrogens is 216 g/mol. The van der Waals surface area contributed by atoms with Crippen LogP contribution in [-0.2, 0) is 11.1 Å². The number of H-pyrrole nitrogens is 1. The van der Waals surface area contributed by atoms with Crippen molar-refractivity contribution in [3.63, 3.8) is 0 Å². The average molecular weight is 221 g/mol. The maximum absolute atomic E-state index is 13.1. The zero-order valence-corrected chi connectivity index (χ0v) is 10.2. The molecule has 0 saturated carbocycles. The molecule has 6 heteroatoms. The summed E-state index contributed by atoms with van der Waals surface area (Å²) in [4.78, 5) is 2.64. The Morgan fingerprint density at radius 2 is 2.14 bits per heavy atom. The Bertz CT molecular complexity index is 485. The van der Waals surface area contributed by atoms with Gasteiger partial charge in [0.2, 0.25) is 0 Å². The number of benzene rings is 1. The van der Waals surface area contributed by atoms with Crippen molar-refractivity contribution in [1.29, 1.82) is 0 Å². The summed E-state index contributed by atoms with van der Waals surface area (Å²) in [6.07, 6.45) is 1.27. The van der Waals surface area contributed by atoms with Gasteiger partial charge in [-0.15, -0.1) is 0 Å². The number of hydrogen-bond donors (Lipinski definition) is 1. The first kappa shape index (κ1) is 11.9. The van der Waals surface area contributed by atoms with Gasteiger partial charge in [-0.1, -0.05) is 6.07 Å². The Hall–Kier alpha value is -0.200. The van der Waals surface area contributed by atoms with Gasteiger partial charge >= 0.3 is 29.6 Å². The first-order valence-electron chi connectivity index (χ1n) is 3.55. The van der Waals surface area contributed by atoms with E-state index < -0.39 is 16.9 Å². The Balaban J connectivity index is 0.000000980. The Morgan fingerprint density at radius 3 is 2.79 bits per heavy atom. The molecule has 3 nitrogen and oxygen atoms in total. The van der Waals surface area contributed by atoms with E-state index in [-0.39, 0.29) is 39.8 Å². The normalized spacial score (nSPS) is 12.4. The third kappa shape index (κ3) is 1.92. The molecule has 1 aromatic heterocycles. The molecule has 1 N–H and O–H groups in total. The fraction of sp³-hybridized carbons (Fsp3) is 0. The van der Waals surface area contributed by atoms with Gasteiger partial charge in [0.1, 0.15) is 5.82 Å². The van der Waals surface area contributed by atoms with Crippen LogP contribution in [0.2, 0.25) is 0 Å². The molecule has 0 bridgehead atoms. The van der Waals surface area contributed by atoms with Crippen LogP contribution in [0.3, 0.4) is 0 Å². The predicted molar refractivity (Wildman–Crippen MR) is 45.4 cm³/mol. The zero-order valence-electron chi connectivity index (χ0n) is 7.41. The second-order valence-electron chi connectivity index (χ2n) is 2.55. The number of aromatic nitrogens is 1. The van der Waals surface area contributed by atoms with Gasteiger partial charge in [0.25, 0.3) is 0 Å². The number of aromatic amines is 1. The third-order valence-corrected chi connectivity index (χ3v) is 2.48. The quantitative estimate of drug-likeness (QED) is 0.473. The van der Waals surface area contributed by atoms with Crippen molar-refractivity contribution in [2.75, 3.05) is 0 Å². The van der Waals surface area contributed by atoms with Crippen LogP contribution in [0.25, 0.3) is 10.9 Å². The molecular formula is C8H5FNNaO2S. The molecule has 0 aliphatic rings. The van der Waals surface area contributed by atoms with Crippen molar-refractivity contribution in [2.24, 2.45) is 0 Å². The number of fused-ring (bicyclic) bond motifs is 1. The topological polar surface area (TPSA) is 55.9 Å². The van der Waals surface area contributed by atoms with Crippen LogP contribution in [0, 0.1) is 5.82 Å². The molecule has 1 heterocycles. The molecule has 0 aliphatic carbocycles. The summed E-state index contributed by atoms with van der Waals surface area (Å²) in [5, 5.41) is 0.121. The minimum absolute atomic E-state index is 0. The molecule has 0 saturated heterocycles. The summed E-state index contributed by atoms with van der Waals surface area (Å²) in [5.41, 5.74) is 0.485. The third-order valence-electron chi connectivity index (χ3n) is 1.80. The maximum Gasteiger partial charge on any atom is 1.00 e. The molecule has 0 amide bonds. The summed E-state index contributed by atoms with van der Waals surface area (Å²) < 4.78 is 34.4. The molecule has 1 atom stereocenters. The summed E-state index contributed by atoms with van der Waals surface area (Å²) >= 11 is -2.40. The minimum Gasteiger partial charge on any atom is -0.768 e. The summed E-state index contributed by atoms with van der Waals surface area (Å²) in [7, 11) is 0. The van der Waals surface area contributed by atoms with E-state index in [1.165, 1.54) is 18.3 Å². The summed E-state index contributed by atoms with van der Waals surface area (Å²) in [6.45, 7) is 0. The van der Waals surface area contributed by atoms with Gasteiger partial charge in [-0.2, -0.15) is 0 Å². The van der Waals surface area contributed by atoms with Crippen LogP contribution in [-0.4, -0.2) is 13.7 Å². The van der Waals surface area contributed by atoms with Crippen molar-refractivity contribution < 1.29 is 42.7 Å². The van der Waals surface area contributed by atoms with Crippen LogP contribution in [0.15, 0.2) is 29.3 Å². The van der Waals surface area contributed by atoms with E-state index >= 15 is 0 Å². The zero-order chi connectivity index (χ0) is 9.42. The van der Waals surface area contributed by atoms with E-state index in [2.05, 4.69) is 4.98 Å². The Kier molecular flexibility index (Phi) is 3.86. The van der Waals surface area contributed by atoms with Crippen molar-refractivity contribution in [2.45, 2.75) is 4.90 Å². The average Bonchev–Trinajstić information content (AvgIpc) is 2.49. The molecule has 68 valence electrons. The molecule has 1 unspecified atom stereocenters. The number of halogens is 1. The van der Waals surface area contributed by atoms with E-state index in [0.717, 1.165) is 0 Å². The van der Waals surface area contributed by atoms with Gasteiger partial charge in [-0.05, 0) is 23.2 Å². The van der Waals surface area contributed by atoms with Crippen LogP contribution >= 0.6 is 0 Å². The fourth-order valence-electron chi connectivity index (χ4n) is 1.24. The fourth-order valence-corrected chi connectivity index (χ4v) is 1.77.